The summed E-state index contributed by atoms with van der Waals surface area (Å²) in [6, 6.07) is 12.4. The van der Waals surface area contributed by atoms with Crippen molar-refractivity contribution in [2.75, 3.05) is 0 Å². The van der Waals surface area contributed by atoms with E-state index in [9.17, 15) is 15.0 Å². The van der Waals surface area contributed by atoms with Crippen LogP contribution in [0.2, 0.25) is 0 Å². The predicted octanol–water partition coefficient (Wildman–Crippen LogP) is 6.44. The van der Waals surface area contributed by atoms with Gasteiger partial charge in [-0.15, -0.1) is 0 Å². The third-order valence-electron chi connectivity index (χ3n) is 4.83. The fourth-order valence-corrected chi connectivity index (χ4v) is 3.31. The molecule has 0 saturated carbocycles. The zero-order chi connectivity index (χ0) is 18.8. The molecule has 2 N–H and O–H groups in total. The Labute approximate surface area is 156 Å². The summed E-state index contributed by atoms with van der Waals surface area (Å²) in [6.07, 6.45) is 10.9. The number of carboxylic acids is 1. The number of phenols is 1. The van der Waals surface area contributed by atoms with Gasteiger partial charge in [-0.3, -0.25) is 0 Å². The Kier molecular flexibility index (Phi) is 8.20. The number of hydrogen-bond donors (Lipinski definition) is 2. The summed E-state index contributed by atoms with van der Waals surface area (Å²) in [6.45, 7) is 2.23. The quantitative estimate of drug-likeness (QED) is 0.456. The van der Waals surface area contributed by atoms with Crippen LogP contribution in [-0.4, -0.2) is 16.2 Å². The number of carboxylic acid groups (broad SMARTS) is 1. The molecule has 0 amide bonds. The van der Waals surface area contributed by atoms with Crippen molar-refractivity contribution >= 4 is 5.97 Å². The average molecular weight is 354 g/mol. The Bertz CT molecular complexity index is 689. The summed E-state index contributed by atoms with van der Waals surface area (Å²) < 4.78 is 0. The standard InChI is InChI=1S/C23H30O3/c1-2-3-4-5-6-7-8-9-10-19-17-20(23(25)26)13-16-22(19)18-11-14-21(24)15-12-18/h11-17,24H,2-10H2,1H3,(H,25,26). The number of aromatic hydroxyl groups is 1. The second-order valence-corrected chi connectivity index (χ2v) is 6.95. The number of benzene rings is 2. The van der Waals surface area contributed by atoms with Crippen LogP contribution >= 0.6 is 0 Å². The van der Waals surface area contributed by atoms with Crippen LogP contribution in [-0.2, 0) is 6.42 Å². The van der Waals surface area contributed by atoms with Crippen molar-refractivity contribution in [1.29, 1.82) is 0 Å². The molecule has 0 unspecified atom stereocenters. The van der Waals surface area contributed by atoms with Gasteiger partial charge in [0.15, 0.2) is 0 Å². The Hall–Kier alpha value is -2.29. The number of unbranched alkanes of at least 4 members (excludes halogenated alkanes) is 7. The maximum Gasteiger partial charge on any atom is 0.335 e. The highest BCUT2D eigenvalue weighted by Gasteiger charge is 2.10. The van der Waals surface area contributed by atoms with Crippen LogP contribution in [0.25, 0.3) is 11.1 Å². The maximum atomic E-state index is 11.3. The van der Waals surface area contributed by atoms with Gasteiger partial charge in [0.25, 0.3) is 0 Å². The summed E-state index contributed by atoms with van der Waals surface area (Å²) >= 11 is 0. The molecular formula is C23H30O3. The summed E-state index contributed by atoms with van der Waals surface area (Å²) in [5.74, 6) is -0.653. The van der Waals surface area contributed by atoms with E-state index in [1.165, 1.54) is 44.9 Å². The van der Waals surface area contributed by atoms with Crippen LogP contribution in [0.5, 0.6) is 5.75 Å². The lowest BCUT2D eigenvalue weighted by molar-refractivity contribution is 0.0697. The first-order valence-corrected chi connectivity index (χ1v) is 9.77. The molecule has 26 heavy (non-hydrogen) atoms. The molecule has 3 heteroatoms. The normalized spacial score (nSPS) is 10.8. The molecule has 0 atom stereocenters. The summed E-state index contributed by atoms with van der Waals surface area (Å²) in [4.78, 5) is 11.3. The van der Waals surface area contributed by atoms with E-state index in [4.69, 9.17) is 0 Å². The fraction of sp³-hybridized carbons (Fsp3) is 0.435. The van der Waals surface area contributed by atoms with E-state index in [0.29, 0.717) is 5.56 Å². The maximum absolute atomic E-state index is 11.3. The van der Waals surface area contributed by atoms with Gasteiger partial charge in [0.2, 0.25) is 0 Å². The molecule has 0 fully saturated rings. The van der Waals surface area contributed by atoms with Crippen LogP contribution in [0.3, 0.4) is 0 Å². The molecule has 0 heterocycles. The van der Waals surface area contributed by atoms with E-state index in [1.54, 1.807) is 24.3 Å². The second kappa shape index (κ2) is 10.6. The molecular weight excluding hydrogens is 324 g/mol. The molecule has 0 saturated heterocycles. The van der Waals surface area contributed by atoms with Crippen molar-refractivity contribution in [3.63, 3.8) is 0 Å². The highest BCUT2D eigenvalue weighted by atomic mass is 16.4. The Balaban J connectivity index is 1.99. The SMILES string of the molecule is CCCCCCCCCCc1cc(C(=O)O)ccc1-c1ccc(O)cc1. The highest BCUT2D eigenvalue weighted by molar-refractivity contribution is 5.89. The minimum atomic E-state index is -0.889. The van der Waals surface area contributed by atoms with E-state index < -0.39 is 5.97 Å². The average Bonchev–Trinajstić information content (AvgIpc) is 2.64. The van der Waals surface area contributed by atoms with Crippen LogP contribution in [0.15, 0.2) is 42.5 Å². The van der Waals surface area contributed by atoms with Gasteiger partial charge in [0, 0.05) is 0 Å². The van der Waals surface area contributed by atoms with Crippen LogP contribution in [0, 0.1) is 0 Å². The summed E-state index contributed by atoms with van der Waals surface area (Å²) in [5.41, 5.74) is 3.47. The van der Waals surface area contributed by atoms with Crippen molar-refractivity contribution in [2.45, 2.75) is 64.7 Å². The minimum absolute atomic E-state index is 0.237. The first kappa shape index (κ1) is 20.0. The third kappa shape index (κ3) is 6.21. The van der Waals surface area contributed by atoms with Gasteiger partial charge in [-0.1, -0.05) is 70.1 Å². The van der Waals surface area contributed by atoms with Crippen LogP contribution < -0.4 is 0 Å². The van der Waals surface area contributed by atoms with Gasteiger partial charge >= 0.3 is 5.97 Å². The molecule has 2 aromatic rings. The molecule has 0 radical (unpaired) electrons. The number of carbonyl (C=O) groups is 1. The van der Waals surface area contributed by atoms with Crippen LogP contribution in [0.4, 0.5) is 0 Å². The van der Waals surface area contributed by atoms with E-state index in [1.807, 2.05) is 18.2 Å². The van der Waals surface area contributed by atoms with Gasteiger partial charge in [-0.25, -0.2) is 4.79 Å². The van der Waals surface area contributed by atoms with E-state index in [0.717, 1.165) is 29.5 Å². The largest absolute Gasteiger partial charge is 0.508 e. The zero-order valence-corrected chi connectivity index (χ0v) is 15.7. The van der Waals surface area contributed by atoms with E-state index in [2.05, 4.69) is 6.92 Å². The Morgan fingerprint density at radius 3 is 2.08 bits per heavy atom. The van der Waals surface area contributed by atoms with Crippen molar-refractivity contribution < 1.29 is 15.0 Å². The van der Waals surface area contributed by atoms with Gasteiger partial charge in [0.05, 0.1) is 5.56 Å². The van der Waals surface area contributed by atoms with Gasteiger partial charge in [0.1, 0.15) is 5.75 Å². The molecule has 2 aromatic carbocycles. The van der Waals surface area contributed by atoms with Gasteiger partial charge in [-0.2, -0.15) is 0 Å². The third-order valence-corrected chi connectivity index (χ3v) is 4.83. The lowest BCUT2D eigenvalue weighted by atomic mass is 9.93. The molecule has 0 aliphatic heterocycles. The number of hydrogen-bond acceptors (Lipinski definition) is 2. The molecule has 2 rings (SSSR count). The summed E-state index contributed by atoms with van der Waals surface area (Å²) in [7, 11) is 0. The Morgan fingerprint density at radius 1 is 0.846 bits per heavy atom. The van der Waals surface area contributed by atoms with E-state index in [-0.39, 0.29) is 5.75 Å². The van der Waals surface area contributed by atoms with Gasteiger partial charge < -0.3 is 10.2 Å². The number of rotatable bonds is 11. The second-order valence-electron chi connectivity index (χ2n) is 6.95. The van der Waals surface area contributed by atoms with Crippen molar-refractivity contribution in [3.05, 3.63) is 53.6 Å². The molecule has 0 aromatic heterocycles. The number of aryl methyl sites for hydroxylation is 1. The molecule has 0 aliphatic carbocycles. The first-order valence-electron chi connectivity index (χ1n) is 9.77. The summed E-state index contributed by atoms with van der Waals surface area (Å²) in [5, 5.41) is 18.8. The first-order chi connectivity index (χ1) is 12.6. The molecule has 0 spiro atoms. The number of phenolic OH excluding ortho intramolecular Hbond substituents is 1. The highest BCUT2D eigenvalue weighted by Crippen LogP contribution is 2.28. The zero-order valence-electron chi connectivity index (χ0n) is 15.7. The van der Waals surface area contributed by atoms with Crippen molar-refractivity contribution in [2.24, 2.45) is 0 Å². The molecule has 0 bridgehead atoms. The lowest BCUT2D eigenvalue weighted by Gasteiger charge is -2.11. The minimum Gasteiger partial charge on any atom is -0.508 e. The topological polar surface area (TPSA) is 57.5 Å². The monoisotopic (exact) mass is 354 g/mol. The predicted molar refractivity (Wildman–Crippen MR) is 107 cm³/mol. The van der Waals surface area contributed by atoms with Crippen molar-refractivity contribution in [1.82, 2.24) is 0 Å². The molecule has 0 aliphatic rings. The van der Waals surface area contributed by atoms with Gasteiger partial charge in [-0.05, 0) is 53.8 Å². The smallest absolute Gasteiger partial charge is 0.335 e. The van der Waals surface area contributed by atoms with Crippen LogP contribution in [0.1, 0.15) is 74.2 Å². The molecule has 140 valence electrons. The Morgan fingerprint density at radius 2 is 1.46 bits per heavy atom. The number of aromatic carboxylic acids is 1. The fourth-order valence-electron chi connectivity index (χ4n) is 3.31. The molecule has 3 nitrogen and oxygen atoms in total. The lowest BCUT2D eigenvalue weighted by Crippen LogP contribution is -2.00. The van der Waals surface area contributed by atoms with E-state index >= 15 is 0 Å². The van der Waals surface area contributed by atoms with Crippen molar-refractivity contribution in [3.8, 4) is 16.9 Å².